The van der Waals surface area contributed by atoms with Crippen LogP contribution in [0.1, 0.15) is 10.4 Å². The van der Waals surface area contributed by atoms with Gasteiger partial charge >= 0.3 is 5.97 Å². The first-order chi connectivity index (χ1) is 13.6. The molecule has 3 aromatic carbocycles. The molecule has 0 aliphatic carbocycles. The second-order valence-electron chi connectivity index (χ2n) is 6.19. The Morgan fingerprint density at radius 3 is 2.46 bits per heavy atom. The average Bonchev–Trinajstić information content (AvgIpc) is 3.10. The van der Waals surface area contributed by atoms with E-state index in [1.54, 1.807) is 24.3 Å². The molecular formula is C21H16N2O5. The number of hydrogen-bond acceptors (Lipinski definition) is 5. The number of nitro groups is 1. The second kappa shape index (κ2) is 6.70. The summed E-state index contributed by atoms with van der Waals surface area (Å²) in [7, 11) is 2.73. The summed E-state index contributed by atoms with van der Waals surface area (Å²) in [5.74, 6) is -0.243. The highest BCUT2D eigenvalue weighted by atomic mass is 16.6. The highest BCUT2D eigenvalue weighted by molar-refractivity contribution is 6.19. The van der Waals surface area contributed by atoms with Crippen molar-refractivity contribution in [2.75, 3.05) is 14.2 Å². The van der Waals surface area contributed by atoms with Crippen LogP contribution in [0, 0.1) is 10.1 Å². The van der Waals surface area contributed by atoms with Crippen LogP contribution in [0.3, 0.4) is 0 Å². The van der Waals surface area contributed by atoms with Crippen molar-refractivity contribution in [1.82, 2.24) is 4.98 Å². The van der Waals surface area contributed by atoms with E-state index in [9.17, 15) is 14.9 Å². The number of esters is 1. The summed E-state index contributed by atoms with van der Waals surface area (Å²) in [6, 6.07) is 15.7. The molecule has 0 amide bonds. The van der Waals surface area contributed by atoms with E-state index in [1.165, 1.54) is 20.3 Å². The van der Waals surface area contributed by atoms with Gasteiger partial charge in [0.25, 0.3) is 5.69 Å². The topological polar surface area (TPSA) is 94.5 Å². The Bertz CT molecular complexity index is 1240. The number of rotatable bonds is 4. The van der Waals surface area contributed by atoms with Crippen molar-refractivity contribution in [3.05, 3.63) is 70.3 Å². The van der Waals surface area contributed by atoms with Crippen LogP contribution in [0.4, 0.5) is 5.69 Å². The molecule has 0 spiro atoms. The monoisotopic (exact) mass is 376 g/mol. The average molecular weight is 376 g/mol. The van der Waals surface area contributed by atoms with Crippen LogP contribution in [0.15, 0.2) is 54.6 Å². The van der Waals surface area contributed by atoms with Crippen molar-refractivity contribution in [2.24, 2.45) is 0 Å². The summed E-state index contributed by atoms with van der Waals surface area (Å²) >= 11 is 0. The number of ether oxygens (including phenoxy) is 2. The summed E-state index contributed by atoms with van der Waals surface area (Å²) < 4.78 is 10.4. The smallest absolute Gasteiger partial charge is 0.340 e. The number of carbonyl (C=O) groups is 1. The van der Waals surface area contributed by atoms with Crippen LogP contribution in [0.5, 0.6) is 5.75 Å². The normalized spacial score (nSPS) is 10.9. The van der Waals surface area contributed by atoms with Crippen molar-refractivity contribution in [1.29, 1.82) is 0 Å². The number of carbonyl (C=O) groups excluding carboxylic acids is 1. The Kier molecular flexibility index (Phi) is 4.19. The molecule has 0 bridgehead atoms. The zero-order chi connectivity index (χ0) is 19.8. The van der Waals surface area contributed by atoms with Gasteiger partial charge in [-0.15, -0.1) is 0 Å². The molecule has 7 nitrogen and oxygen atoms in total. The molecule has 1 N–H and O–H groups in total. The molecule has 0 radical (unpaired) electrons. The zero-order valence-electron chi connectivity index (χ0n) is 15.2. The first-order valence-corrected chi connectivity index (χ1v) is 8.50. The van der Waals surface area contributed by atoms with Crippen LogP contribution in [-0.4, -0.2) is 30.1 Å². The molecule has 0 saturated heterocycles. The molecule has 1 heterocycles. The predicted molar refractivity (Wildman–Crippen MR) is 106 cm³/mol. The molecule has 0 unspecified atom stereocenters. The SMILES string of the molecule is COC(=O)c1c(-c2ccccc2OC)c([N+](=O)[O-])cc2c1[nH]c1ccccc12. The second-order valence-corrected chi connectivity index (χ2v) is 6.19. The number of aromatic nitrogens is 1. The molecule has 0 fully saturated rings. The maximum absolute atomic E-state index is 12.8. The quantitative estimate of drug-likeness (QED) is 0.317. The number of aromatic amines is 1. The van der Waals surface area contributed by atoms with E-state index in [1.807, 2.05) is 24.3 Å². The molecule has 0 aliphatic heterocycles. The number of para-hydroxylation sites is 2. The number of fused-ring (bicyclic) bond motifs is 3. The van der Waals surface area contributed by atoms with E-state index in [-0.39, 0.29) is 16.8 Å². The molecule has 28 heavy (non-hydrogen) atoms. The van der Waals surface area contributed by atoms with E-state index in [0.29, 0.717) is 22.2 Å². The van der Waals surface area contributed by atoms with Crippen LogP contribution >= 0.6 is 0 Å². The van der Waals surface area contributed by atoms with Crippen LogP contribution in [0.25, 0.3) is 32.9 Å². The van der Waals surface area contributed by atoms with Gasteiger partial charge in [0.05, 0.1) is 35.8 Å². The lowest BCUT2D eigenvalue weighted by atomic mass is 9.94. The van der Waals surface area contributed by atoms with E-state index in [0.717, 1.165) is 10.9 Å². The number of nitrogens with zero attached hydrogens (tertiary/aromatic N) is 1. The van der Waals surface area contributed by atoms with Crippen LogP contribution < -0.4 is 4.74 Å². The molecular weight excluding hydrogens is 360 g/mol. The third-order valence-electron chi connectivity index (χ3n) is 4.75. The maximum atomic E-state index is 12.8. The first-order valence-electron chi connectivity index (χ1n) is 8.50. The fraction of sp³-hybridized carbons (Fsp3) is 0.0952. The van der Waals surface area contributed by atoms with E-state index >= 15 is 0 Å². The molecule has 1 aromatic heterocycles. The van der Waals surface area contributed by atoms with E-state index in [4.69, 9.17) is 9.47 Å². The van der Waals surface area contributed by atoms with Gasteiger partial charge in [0.2, 0.25) is 0 Å². The molecule has 140 valence electrons. The van der Waals surface area contributed by atoms with Gasteiger partial charge in [0, 0.05) is 27.9 Å². The van der Waals surface area contributed by atoms with Gasteiger partial charge in [-0.1, -0.05) is 36.4 Å². The van der Waals surface area contributed by atoms with Crippen molar-refractivity contribution >= 4 is 33.5 Å². The van der Waals surface area contributed by atoms with E-state index in [2.05, 4.69) is 4.98 Å². The van der Waals surface area contributed by atoms with Crippen molar-refractivity contribution in [3.8, 4) is 16.9 Å². The molecule has 7 heteroatoms. The van der Waals surface area contributed by atoms with Gasteiger partial charge in [-0.05, 0) is 12.1 Å². The predicted octanol–water partition coefficient (Wildman–Crippen LogP) is 4.69. The summed E-state index contributed by atoms with van der Waals surface area (Å²) in [5, 5.41) is 13.3. The molecule has 0 atom stereocenters. The third-order valence-corrected chi connectivity index (χ3v) is 4.75. The molecule has 4 aromatic rings. The minimum Gasteiger partial charge on any atom is -0.496 e. The van der Waals surface area contributed by atoms with Crippen LogP contribution in [-0.2, 0) is 4.74 Å². The number of nitrogens with one attached hydrogen (secondary N) is 1. The maximum Gasteiger partial charge on any atom is 0.340 e. The van der Waals surface area contributed by atoms with Gasteiger partial charge in [0.1, 0.15) is 5.75 Å². The number of nitro benzene ring substituents is 1. The summed E-state index contributed by atoms with van der Waals surface area (Å²) in [6.07, 6.45) is 0. The zero-order valence-corrected chi connectivity index (χ0v) is 15.2. The Hall–Kier alpha value is -3.87. The molecule has 0 aliphatic rings. The first kappa shape index (κ1) is 17.5. The third kappa shape index (κ3) is 2.56. The van der Waals surface area contributed by atoms with E-state index < -0.39 is 10.9 Å². The fourth-order valence-corrected chi connectivity index (χ4v) is 3.55. The Labute approximate surface area is 159 Å². The minimum atomic E-state index is -0.666. The Morgan fingerprint density at radius 1 is 1.04 bits per heavy atom. The summed E-state index contributed by atoms with van der Waals surface area (Å²) in [4.78, 5) is 27.4. The van der Waals surface area contributed by atoms with Crippen molar-refractivity contribution in [2.45, 2.75) is 0 Å². The number of benzene rings is 3. The minimum absolute atomic E-state index is 0.104. The van der Waals surface area contributed by atoms with Gasteiger partial charge in [-0.3, -0.25) is 10.1 Å². The lowest BCUT2D eigenvalue weighted by Crippen LogP contribution is -2.08. The highest BCUT2D eigenvalue weighted by Crippen LogP contribution is 2.44. The standard InChI is InChI=1S/C21H16N2O5/c1-27-17-10-6-4-8-13(17)18-16(23(25)26)11-14-12-7-3-5-9-15(12)22-20(14)19(18)21(24)28-2/h3-11,22H,1-2H3. The van der Waals surface area contributed by atoms with Gasteiger partial charge in [-0.2, -0.15) is 0 Å². The number of hydrogen-bond donors (Lipinski definition) is 1. The fourth-order valence-electron chi connectivity index (χ4n) is 3.55. The number of H-pyrrole nitrogens is 1. The lowest BCUT2D eigenvalue weighted by molar-refractivity contribution is -0.384. The Morgan fingerprint density at radius 2 is 1.75 bits per heavy atom. The highest BCUT2D eigenvalue weighted by Gasteiger charge is 2.30. The van der Waals surface area contributed by atoms with Gasteiger partial charge < -0.3 is 14.5 Å². The van der Waals surface area contributed by atoms with Gasteiger partial charge in [-0.25, -0.2) is 4.79 Å². The largest absolute Gasteiger partial charge is 0.496 e. The summed E-state index contributed by atoms with van der Waals surface area (Å²) in [6.45, 7) is 0. The molecule has 4 rings (SSSR count). The Balaban J connectivity index is 2.24. The van der Waals surface area contributed by atoms with Crippen LogP contribution in [0.2, 0.25) is 0 Å². The number of methoxy groups -OCH3 is 2. The lowest BCUT2D eigenvalue weighted by Gasteiger charge is -2.13. The molecule has 0 saturated carbocycles. The summed E-state index contributed by atoms with van der Waals surface area (Å²) in [5.41, 5.74) is 1.77. The van der Waals surface area contributed by atoms with Gasteiger partial charge in [0.15, 0.2) is 0 Å². The van der Waals surface area contributed by atoms with Crippen molar-refractivity contribution in [3.63, 3.8) is 0 Å². The van der Waals surface area contributed by atoms with Crippen molar-refractivity contribution < 1.29 is 19.2 Å².